The largest absolute Gasteiger partial charge is 0.416 e. The summed E-state index contributed by atoms with van der Waals surface area (Å²) in [4.78, 5) is 3.95. The summed E-state index contributed by atoms with van der Waals surface area (Å²) in [7, 11) is 0. The Morgan fingerprint density at radius 2 is 2.11 bits per heavy atom. The van der Waals surface area contributed by atoms with E-state index in [1.165, 1.54) is 6.07 Å². The van der Waals surface area contributed by atoms with Gasteiger partial charge in [0, 0.05) is 6.92 Å². The smallest absolute Gasteiger partial charge is 0.376 e. The van der Waals surface area contributed by atoms with Gasteiger partial charge in [-0.05, 0) is 18.2 Å². The quantitative estimate of drug-likeness (QED) is 0.937. The number of alkyl halides is 3. The van der Waals surface area contributed by atoms with Gasteiger partial charge in [-0.3, -0.25) is 0 Å². The Balaban J connectivity index is 2.09. The number of aryl methyl sites for hydroxylation is 1. The molecular formula is C11H9ClF3N3O. The first kappa shape index (κ1) is 13.7. The molecule has 0 aliphatic heterocycles. The summed E-state index contributed by atoms with van der Waals surface area (Å²) >= 11 is 5.78. The molecule has 8 heteroatoms. The SMILES string of the molecule is Cc1nc(CNc2ccc(C(F)(F)F)cc2Cl)no1. The molecule has 0 aliphatic rings. The van der Waals surface area contributed by atoms with Gasteiger partial charge in [0.05, 0.1) is 22.8 Å². The average molecular weight is 292 g/mol. The molecule has 0 saturated heterocycles. The lowest BCUT2D eigenvalue weighted by Crippen LogP contribution is -2.06. The third-order valence-corrected chi connectivity index (χ3v) is 2.62. The van der Waals surface area contributed by atoms with Crippen LogP contribution in [0.2, 0.25) is 5.02 Å². The Morgan fingerprint density at radius 1 is 1.37 bits per heavy atom. The van der Waals surface area contributed by atoms with Crippen LogP contribution in [0.5, 0.6) is 0 Å². The molecule has 0 atom stereocenters. The van der Waals surface area contributed by atoms with Gasteiger partial charge in [-0.15, -0.1) is 0 Å². The summed E-state index contributed by atoms with van der Waals surface area (Å²) in [6.45, 7) is 1.85. The molecule has 4 nitrogen and oxygen atoms in total. The molecule has 0 aliphatic carbocycles. The minimum atomic E-state index is -4.41. The number of anilines is 1. The van der Waals surface area contributed by atoms with Crippen molar-refractivity contribution in [2.75, 3.05) is 5.32 Å². The Bertz CT molecular complexity index is 583. The first-order valence-corrected chi connectivity index (χ1v) is 5.64. The van der Waals surface area contributed by atoms with Crippen LogP contribution in [0.1, 0.15) is 17.3 Å². The zero-order valence-electron chi connectivity index (χ0n) is 9.75. The number of halogens is 4. The zero-order chi connectivity index (χ0) is 14.0. The third kappa shape index (κ3) is 3.37. The van der Waals surface area contributed by atoms with Crippen molar-refractivity contribution in [3.8, 4) is 0 Å². The van der Waals surface area contributed by atoms with Crippen LogP contribution in [-0.2, 0) is 12.7 Å². The fourth-order valence-electron chi connectivity index (χ4n) is 1.42. The Hall–Kier alpha value is -1.76. The number of aromatic nitrogens is 2. The van der Waals surface area contributed by atoms with Crippen molar-refractivity contribution in [3.63, 3.8) is 0 Å². The predicted molar refractivity (Wildman–Crippen MR) is 62.8 cm³/mol. The fourth-order valence-corrected chi connectivity index (χ4v) is 1.67. The van der Waals surface area contributed by atoms with E-state index in [0.29, 0.717) is 17.4 Å². The maximum atomic E-state index is 12.4. The molecule has 2 rings (SSSR count). The van der Waals surface area contributed by atoms with Crippen molar-refractivity contribution in [3.05, 3.63) is 40.5 Å². The van der Waals surface area contributed by atoms with Crippen LogP contribution in [0.25, 0.3) is 0 Å². The molecular weight excluding hydrogens is 283 g/mol. The number of hydrogen-bond acceptors (Lipinski definition) is 4. The van der Waals surface area contributed by atoms with Crippen molar-refractivity contribution in [2.45, 2.75) is 19.6 Å². The highest BCUT2D eigenvalue weighted by atomic mass is 35.5. The number of hydrogen-bond donors (Lipinski definition) is 1. The Morgan fingerprint density at radius 3 is 2.63 bits per heavy atom. The van der Waals surface area contributed by atoms with E-state index in [1.807, 2.05) is 0 Å². The molecule has 2 aromatic rings. The zero-order valence-corrected chi connectivity index (χ0v) is 10.5. The van der Waals surface area contributed by atoms with E-state index in [1.54, 1.807) is 6.92 Å². The van der Waals surface area contributed by atoms with Crippen LogP contribution >= 0.6 is 11.6 Å². The van der Waals surface area contributed by atoms with Crippen molar-refractivity contribution in [1.29, 1.82) is 0 Å². The minimum absolute atomic E-state index is 0.0185. The summed E-state index contributed by atoms with van der Waals surface area (Å²) in [6.07, 6.45) is -4.41. The highest BCUT2D eigenvalue weighted by molar-refractivity contribution is 6.33. The molecule has 1 aromatic heterocycles. The van der Waals surface area contributed by atoms with Crippen LogP contribution in [0, 0.1) is 6.92 Å². The van der Waals surface area contributed by atoms with Gasteiger partial charge in [-0.2, -0.15) is 18.2 Å². The molecule has 0 fully saturated rings. The van der Waals surface area contributed by atoms with E-state index in [4.69, 9.17) is 16.1 Å². The molecule has 0 unspecified atom stereocenters. The molecule has 1 N–H and O–H groups in total. The second kappa shape index (κ2) is 5.08. The fraction of sp³-hybridized carbons (Fsp3) is 0.273. The van der Waals surface area contributed by atoms with Crippen molar-refractivity contribution >= 4 is 17.3 Å². The van der Waals surface area contributed by atoms with E-state index >= 15 is 0 Å². The number of nitrogens with one attached hydrogen (secondary N) is 1. The molecule has 0 bridgehead atoms. The number of benzene rings is 1. The lowest BCUT2D eigenvalue weighted by Gasteiger charge is -2.10. The normalized spacial score (nSPS) is 11.6. The van der Waals surface area contributed by atoms with Gasteiger partial charge in [0.2, 0.25) is 5.89 Å². The lowest BCUT2D eigenvalue weighted by molar-refractivity contribution is -0.137. The number of rotatable bonds is 3. The van der Waals surface area contributed by atoms with E-state index in [0.717, 1.165) is 12.1 Å². The summed E-state index contributed by atoms with van der Waals surface area (Å²) in [5.74, 6) is 0.809. The van der Waals surface area contributed by atoms with Crippen molar-refractivity contribution < 1.29 is 17.7 Å². The molecule has 0 amide bonds. The lowest BCUT2D eigenvalue weighted by atomic mass is 10.2. The van der Waals surface area contributed by atoms with Crippen LogP contribution < -0.4 is 5.32 Å². The van der Waals surface area contributed by atoms with Crippen LogP contribution in [-0.4, -0.2) is 10.1 Å². The van der Waals surface area contributed by atoms with Gasteiger partial charge in [0.1, 0.15) is 0 Å². The summed E-state index contributed by atoms with van der Waals surface area (Å²) in [5.41, 5.74) is -0.421. The monoisotopic (exact) mass is 291 g/mol. The second-order valence-electron chi connectivity index (χ2n) is 3.78. The van der Waals surface area contributed by atoms with E-state index < -0.39 is 11.7 Å². The molecule has 1 aromatic carbocycles. The maximum Gasteiger partial charge on any atom is 0.416 e. The second-order valence-corrected chi connectivity index (χ2v) is 4.18. The van der Waals surface area contributed by atoms with E-state index in [9.17, 15) is 13.2 Å². The first-order chi connectivity index (χ1) is 8.86. The molecule has 0 spiro atoms. The van der Waals surface area contributed by atoms with Gasteiger partial charge in [-0.25, -0.2) is 0 Å². The number of nitrogens with zero attached hydrogens (tertiary/aromatic N) is 2. The average Bonchev–Trinajstić information content (AvgIpc) is 2.72. The third-order valence-electron chi connectivity index (χ3n) is 2.30. The Labute approximate surface area is 111 Å². The highest BCUT2D eigenvalue weighted by Crippen LogP contribution is 2.33. The summed E-state index contributed by atoms with van der Waals surface area (Å²) in [6, 6.07) is 3.08. The van der Waals surface area contributed by atoms with Crippen LogP contribution in [0.3, 0.4) is 0 Å². The van der Waals surface area contributed by atoms with E-state index in [-0.39, 0.29) is 11.6 Å². The van der Waals surface area contributed by atoms with Gasteiger partial charge in [-0.1, -0.05) is 16.8 Å². The molecule has 1 heterocycles. The van der Waals surface area contributed by atoms with Gasteiger partial charge < -0.3 is 9.84 Å². The maximum absolute atomic E-state index is 12.4. The summed E-state index contributed by atoms with van der Waals surface area (Å²) < 4.78 is 42.1. The standard InChI is InChI=1S/C11H9ClF3N3O/c1-6-17-10(18-19-6)5-16-9-3-2-7(4-8(9)12)11(13,14)15/h2-4,16H,5H2,1H3. The molecule has 19 heavy (non-hydrogen) atoms. The highest BCUT2D eigenvalue weighted by Gasteiger charge is 2.30. The van der Waals surface area contributed by atoms with Crippen molar-refractivity contribution in [1.82, 2.24) is 10.1 Å². The predicted octanol–water partition coefficient (Wildman–Crippen LogP) is 3.66. The first-order valence-electron chi connectivity index (χ1n) is 5.26. The van der Waals surface area contributed by atoms with Crippen LogP contribution in [0.4, 0.5) is 18.9 Å². The van der Waals surface area contributed by atoms with Crippen molar-refractivity contribution in [2.24, 2.45) is 0 Å². The van der Waals surface area contributed by atoms with Gasteiger partial charge in [0.25, 0.3) is 0 Å². The molecule has 0 saturated carbocycles. The van der Waals surface area contributed by atoms with Gasteiger partial charge >= 0.3 is 6.18 Å². The van der Waals surface area contributed by atoms with Gasteiger partial charge in [0.15, 0.2) is 5.82 Å². The summed E-state index contributed by atoms with van der Waals surface area (Å²) in [5, 5.41) is 6.46. The minimum Gasteiger partial charge on any atom is -0.376 e. The topological polar surface area (TPSA) is 51.0 Å². The van der Waals surface area contributed by atoms with E-state index in [2.05, 4.69) is 15.5 Å². The van der Waals surface area contributed by atoms with Crippen LogP contribution in [0.15, 0.2) is 22.7 Å². The Kier molecular flexibility index (Phi) is 3.66. The molecule has 0 radical (unpaired) electrons. The molecule has 102 valence electrons.